The van der Waals surface area contributed by atoms with E-state index in [1.807, 2.05) is 18.2 Å². The third-order valence-electron chi connectivity index (χ3n) is 3.78. The van der Waals surface area contributed by atoms with Gasteiger partial charge >= 0.3 is 0 Å². The predicted octanol–water partition coefficient (Wildman–Crippen LogP) is 2.32. The van der Waals surface area contributed by atoms with E-state index < -0.39 is 0 Å². The third-order valence-corrected chi connectivity index (χ3v) is 3.78. The smallest absolute Gasteiger partial charge is 0.231 e. The molecule has 1 saturated carbocycles. The molecule has 1 aliphatic carbocycles. The highest BCUT2D eigenvalue weighted by atomic mass is 16.2. The molecule has 0 heterocycles. The molecule has 0 spiro atoms. The van der Waals surface area contributed by atoms with Crippen molar-refractivity contribution in [2.75, 3.05) is 11.9 Å². The molecular weight excluding hydrogens is 212 g/mol. The van der Waals surface area contributed by atoms with E-state index in [2.05, 4.69) is 18.3 Å². The van der Waals surface area contributed by atoms with Crippen LogP contribution in [0.25, 0.3) is 0 Å². The summed E-state index contributed by atoms with van der Waals surface area (Å²) in [6.07, 6.45) is 3.93. The van der Waals surface area contributed by atoms with Crippen molar-refractivity contribution in [2.24, 2.45) is 11.1 Å². The van der Waals surface area contributed by atoms with Crippen LogP contribution in [0.1, 0.15) is 31.7 Å². The van der Waals surface area contributed by atoms with Crippen molar-refractivity contribution >= 4 is 11.6 Å². The van der Waals surface area contributed by atoms with Gasteiger partial charge in [0.15, 0.2) is 0 Å². The lowest BCUT2D eigenvalue weighted by atomic mass is 9.68. The first-order valence-corrected chi connectivity index (χ1v) is 6.31. The van der Waals surface area contributed by atoms with Gasteiger partial charge in [-0.05, 0) is 37.0 Å². The van der Waals surface area contributed by atoms with Gasteiger partial charge in [-0.15, -0.1) is 0 Å². The minimum Gasteiger partial charge on any atom is -0.329 e. The summed E-state index contributed by atoms with van der Waals surface area (Å²) in [5, 5.41) is 2.99. The van der Waals surface area contributed by atoms with Gasteiger partial charge in [0, 0.05) is 12.2 Å². The first-order chi connectivity index (χ1) is 8.20. The average Bonchev–Trinajstić information content (AvgIpc) is 2.28. The Bertz CT molecular complexity index is 405. The van der Waals surface area contributed by atoms with Crippen molar-refractivity contribution in [3.05, 3.63) is 29.8 Å². The number of hydrogen-bond acceptors (Lipinski definition) is 2. The Balaban J connectivity index is 2.07. The largest absolute Gasteiger partial charge is 0.329 e. The molecule has 3 N–H and O–H groups in total. The zero-order valence-electron chi connectivity index (χ0n) is 10.3. The molecule has 0 saturated heterocycles. The Morgan fingerprint density at radius 1 is 1.47 bits per heavy atom. The van der Waals surface area contributed by atoms with Crippen molar-refractivity contribution in [3.63, 3.8) is 0 Å². The van der Waals surface area contributed by atoms with E-state index in [1.165, 1.54) is 5.56 Å². The fraction of sp³-hybridized carbons (Fsp3) is 0.500. The fourth-order valence-electron chi connectivity index (χ4n) is 2.26. The lowest BCUT2D eigenvalue weighted by Crippen LogP contribution is -2.47. The van der Waals surface area contributed by atoms with Gasteiger partial charge in [-0.25, -0.2) is 0 Å². The summed E-state index contributed by atoms with van der Waals surface area (Å²) in [4.78, 5) is 12.2. The Morgan fingerprint density at radius 3 is 2.76 bits per heavy atom. The van der Waals surface area contributed by atoms with Crippen LogP contribution >= 0.6 is 0 Å². The Morgan fingerprint density at radius 2 is 2.24 bits per heavy atom. The van der Waals surface area contributed by atoms with Gasteiger partial charge in [-0.1, -0.05) is 25.5 Å². The van der Waals surface area contributed by atoms with Crippen molar-refractivity contribution < 1.29 is 4.79 Å². The van der Waals surface area contributed by atoms with Crippen LogP contribution in [0.4, 0.5) is 5.69 Å². The molecule has 1 aliphatic rings. The number of benzene rings is 1. The van der Waals surface area contributed by atoms with Gasteiger partial charge in [0.25, 0.3) is 0 Å². The number of anilines is 1. The summed E-state index contributed by atoms with van der Waals surface area (Å²) >= 11 is 0. The monoisotopic (exact) mass is 232 g/mol. The van der Waals surface area contributed by atoms with E-state index in [-0.39, 0.29) is 11.3 Å². The molecule has 3 nitrogen and oxygen atoms in total. The van der Waals surface area contributed by atoms with Crippen molar-refractivity contribution in [2.45, 2.75) is 32.6 Å². The molecule has 2 rings (SSSR count). The molecule has 92 valence electrons. The quantitative estimate of drug-likeness (QED) is 0.837. The van der Waals surface area contributed by atoms with Crippen LogP contribution in [0.15, 0.2) is 24.3 Å². The molecule has 1 amide bonds. The van der Waals surface area contributed by atoms with Crippen LogP contribution in [-0.2, 0) is 11.2 Å². The van der Waals surface area contributed by atoms with E-state index in [0.29, 0.717) is 6.54 Å². The number of rotatable bonds is 4. The number of carbonyl (C=O) groups excluding carboxylic acids is 1. The number of amides is 1. The Kier molecular flexibility index (Phi) is 3.48. The average molecular weight is 232 g/mol. The maximum atomic E-state index is 12.2. The van der Waals surface area contributed by atoms with Gasteiger partial charge in [0.2, 0.25) is 5.91 Å². The van der Waals surface area contributed by atoms with E-state index in [4.69, 9.17) is 5.73 Å². The summed E-state index contributed by atoms with van der Waals surface area (Å²) in [6, 6.07) is 8.00. The molecule has 0 radical (unpaired) electrons. The molecule has 1 fully saturated rings. The highest BCUT2D eigenvalue weighted by molar-refractivity contribution is 5.96. The summed E-state index contributed by atoms with van der Waals surface area (Å²) in [7, 11) is 0. The Hall–Kier alpha value is -1.35. The second-order valence-corrected chi connectivity index (χ2v) is 4.85. The summed E-state index contributed by atoms with van der Waals surface area (Å²) in [5.41, 5.74) is 7.53. The molecule has 3 heteroatoms. The zero-order valence-corrected chi connectivity index (χ0v) is 10.3. The van der Waals surface area contributed by atoms with Gasteiger partial charge < -0.3 is 11.1 Å². The first kappa shape index (κ1) is 12.1. The van der Waals surface area contributed by atoms with Gasteiger partial charge in [0.05, 0.1) is 5.41 Å². The molecule has 0 atom stereocenters. The number of nitrogens with two attached hydrogens (primary N) is 1. The topological polar surface area (TPSA) is 55.1 Å². The highest BCUT2D eigenvalue weighted by Gasteiger charge is 2.42. The van der Waals surface area contributed by atoms with E-state index >= 15 is 0 Å². The summed E-state index contributed by atoms with van der Waals surface area (Å²) in [5.74, 6) is 0.0829. The first-order valence-electron chi connectivity index (χ1n) is 6.31. The normalized spacial score (nSPS) is 17.3. The zero-order chi connectivity index (χ0) is 12.3. The van der Waals surface area contributed by atoms with Gasteiger partial charge in [-0.3, -0.25) is 4.79 Å². The molecule has 1 aromatic rings. The van der Waals surface area contributed by atoms with Crippen molar-refractivity contribution in [3.8, 4) is 0 Å². The minimum absolute atomic E-state index is 0.0829. The van der Waals surface area contributed by atoms with Gasteiger partial charge in [-0.2, -0.15) is 0 Å². The van der Waals surface area contributed by atoms with Gasteiger partial charge in [0.1, 0.15) is 0 Å². The van der Waals surface area contributed by atoms with Crippen LogP contribution in [0.2, 0.25) is 0 Å². The third kappa shape index (κ3) is 2.34. The fourth-order valence-corrected chi connectivity index (χ4v) is 2.26. The van der Waals surface area contributed by atoms with Crippen LogP contribution < -0.4 is 11.1 Å². The summed E-state index contributed by atoms with van der Waals surface area (Å²) < 4.78 is 0. The van der Waals surface area contributed by atoms with E-state index in [0.717, 1.165) is 31.4 Å². The van der Waals surface area contributed by atoms with Crippen molar-refractivity contribution in [1.82, 2.24) is 0 Å². The number of carbonyl (C=O) groups is 1. The van der Waals surface area contributed by atoms with Crippen LogP contribution in [0.3, 0.4) is 0 Å². The number of aryl methyl sites for hydroxylation is 1. The molecule has 0 aromatic heterocycles. The molecular formula is C14H20N2O. The van der Waals surface area contributed by atoms with Crippen LogP contribution in [0.5, 0.6) is 0 Å². The summed E-state index contributed by atoms with van der Waals surface area (Å²) in [6.45, 7) is 2.56. The Labute approximate surface area is 102 Å². The SMILES string of the molecule is CCc1cccc(NC(=O)C2(CN)CCC2)c1. The standard InChI is InChI=1S/C14H20N2O/c1-2-11-5-3-6-12(9-11)16-13(17)14(10-15)7-4-8-14/h3,5-6,9H,2,4,7-8,10,15H2,1H3,(H,16,17). The van der Waals surface area contributed by atoms with Crippen LogP contribution in [-0.4, -0.2) is 12.5 Å². The minimum atomic E-state index is -0.303. The highest BCUT2D eigenvalue weighted by Crippen LogP contribution is 2.40. The van der Waals surface area contributed by atoms with E-state index in [1.54, 1.807) is 0 Å². The molecule has 0 unspecified atom stereocenters. The lowest BCUT2D eigenvalue weighted by Gasteiger charge is -2.39. The lowest BCUT2D eigenvalue weighted by molar-refractivity contribution is -0.129. The second-order valence-electron chi connectivity index (χ2n) is 4.85. The molecule has 17 heavy (non-hydrogen) atoms. The molecule has 1 aromatic carbocycles. The maximum Gasteiger partial charge on any atom is 0.231 e. The van der Waals surface area contributed by atoms with E-state index in [9.17, 15) is 4.79 Å². The number of nitrogens with one attached hydrogen (secondary N) is 1. The molecule has 0 bridgehead atoms. The maximum absolute atomic E-state index is 12.2. The second kappa shape index (κ2) is 4.88. The van der Waals surface area contributed by atoms with Crippen LogP contribution in [0, 0.1) is 5.41 Å². The molecule has 0 aliphatic heterocycles. The predicted molar refractivity (Wildman–Crippen MR) is 69.8 cm³/mol. The van der Waals surface area contributed by atoms with Crippen molar-refractivity contribution in [1.29, 1.82) is 0 Å². The number of hydrogen-bond donors (Lipinski definition) is 2.